The zero-order valence-electron chi connectivity index (χ0n) is 11.0. The van der Waals surface area contributed by atoms with E-state index in [9.17, 15) is 0 Å². The fraction of sp³-hybridized carbons (Fsp3) is 0.571. The average Bonchev–Trinajstić information content (AvgIpc) is 2.32. The molecule has 0 amide bonds. The lowest BCUT2D eigenvalue weighted by Gasteiger charge is -2.12. The van der Waals surface area contributed by atoms with Gasteiger partial charge < -0.3 is 10.1 Å². The molecule has 1 atom stereocenters. The summed E-state index contributed by atoms with van der Waals surface area (Å²) in [6, 6.07) is 8.73. The SMILES string of the molecule is COCCCNCC(C)Sc1ccc(C)cc1. The van der Waals surface area contributed by atoms with Crippen molar-refractivity contribution in [3.63, 3.8) is 0 Å². The number of hydrogen-bond donors (Lipinski definition) is 1. The first-order valence-electron chi connectivity index (χ1n) is 6.15. The molecule has 0 fully saturated rings. The maximum Gasteiger partial charge on any atom is 0.0474 e. The number of methoxy groups -OCH3 is 1. The number of aryl methyl sites for hydroxylation is 1. The minimum absolute atomic E-state index is 0.597. The highest BCUT2D eigenvalue weighted by Crippen LogP contribution is 2.22. The van der Waals surface area contributed by atoms with Gasteiger partial charge in [-0.25, -0.2) is 0 Å². The Morgan fingerprint density at radius 2 is 2.00 bits per heavy atom. The molecule has 96 valence electrons. The molecule has 0 saturated heterocycles. The van der Waals surface area contributed by atoms with E-state index >= 15 is 0 Å². The third-order valence-electron chi connectivity index (χ3n) is 2.49. The van der Waals surface area contributed by atoms with Gasteiger partial charge in [0.2, 0.25) is 0 Å². The second-order valence-electron chi connectivity index (χ2n) is 4.29. The highest BCUT2D eigenvalue weighted by Gasteiger charge is 2.03. The first-order chi connectivity index (χ1) is 8.22. The summed E-state index contributed by atoms with van der Waals surface area (Å²) in [5.41, 5.74) is 1.32. The second-order valence-corrected chi connectivity index (χ2v) is 5.80. The van der Waals surface area contributed by atoms with E-state index in [4.69, 9.17) is 4.74 Å². The molecule has 17 heavy (non-hydrogen) atoms. The molecule has 1 aromatic carbocycles. The van der Waals surface area contributed by atoms with E-state index in [1.165, 1.54) is 10.5 Å². The molecule has 2 nitrogen and oxygen atoms in total. The van der Waals surface area contributed by atoms with Gasteiger partial charge >= 0.3 is 0 Å². The molecule has 0 aliphatic carbocycles. The number of ether oxygens (including phenoxy) is 1. The summed E-state index contributed by atoms with van der Waals surface area (Å²) in [7, 11) is 1.75. The molecule has 0 aromatic heterocycles. The van der Waals surface area contributed by atoms with E-state index in [2.05, 4.69) is 43.4 Å². The van der Waals surface area contributed by atoms with Gasteiger partial charge in [-0.05, 0) is 32.0 Å². The Morgan fingerprint density at radius 3 is 2.65 bits per heavy atom. The molecule has 0 aliphatic rings. The number of nitrogens with one attached hydrogen (secondary N) is 1. The quantitative estimate of drug-likeness (QED) is 0.568. The predicted molar refractivity (Wildman–Crippen MR) is 75.9 cm³/mol. The molecular formula is C14H23NOS. The van der Waals surface area contributed by atoms with Gasteiger partial charge in [0.1, 0.15) is 0 Å². The summed E-state index contributed by atoms with van der Waals surface area (Å²) < 4.78 is 5.01. The Bertz CT molecular complexity index is 300. The van der Waals surface area contributed by atoms with Gasteiger partial charge in [-0.15, -0.1) is 11.8 Å². The third kappa shape index (κ3) is 6.71. The van der Waals surface area contributed by atoms with Crippen molar-refractivity contribution >= 4 is 11.8 Å². The van der Waals surface area contributed by atoms with Crippen LogP contribution in [0.2, 0.25) is 0 Å². The topological polar surface area (TPSA) is 21.3 Å². The van der Waals surface area contributed by atoms with Crippen molar-refractivity contribution in [1.29, 1.82) is 0 Å². The van der Waals surface area contributed by atoms with Crippen molar-refractivity contribution < 1.29 is 4.74 Å². The molecule has 1 N–H and O–H groups in total. The van der Waals surface area contributed by atoms with Gasteiger partial charge in [0.25, 0.3) is 0 Å². The summed E-state index contributed by atoms with van der Waals surface area (Å²) in [5, 5.41) is 4.05. The normalized spacial score (nSPS) is 12.6. The Hall–Kier alpha value is -0.510. The fourth-order valence-corrected chi connectivity index (χ4v) is 2.50. The number of benzene rings is 1. The lowest BCUT2D eigenvalue weighted by atomic mass is 10.2. The van der Waals surface area contributed by atoms with Gasteiger partial charge in [0.15, 0.2) is 0 Å². The van der Waals surface area contributed by atoms with Crippen LogP contribution in [0.15, 0.2) is 29.2 Å². The average molecular weight is 253 g/mol. The fourth-order valence-electron chi connectivity index (χ4n) is 1.54. The molecule has 0 aliphatic heterocycles. The molecule has 0 bridgehead atoms. The Labute approximate surface area is 109 Å². The Kier molecular flexibility index (Phi) is 7.33. The summed E-state index contributed by atoms with van der Waals surface area (Å²) in [4.78, 5) is 1.35. The first-order valence-corrected chi connectivity index (χ1v) is 7.03. The number of rotatable bonds is 8. The van der Waals surface area contributed by atoms with Crippen LogP contribution in [0.1, 0.15) is 18.9 Å². The molecule has 1 aromatic rings. The first kappa shape index (κ1) is 14.6. The standard InChI is InChI=1S/C14H23NOS/c1-12-5-7-14(8-6-12)17-13(2)11-15-9-4-10-16-3/h5-8,13,15H,4,9-11H2,1-3H3. The minimum Gasteiger partial charge on any atom is -0.385 e. The summed E-state index contributed by atoms with van der Waals surface area (Å²) in [6.45, 7) is 7.30. The molecule has 3 heteroatoms. The van der Waals surface area contributed by atoms with E-state index in [-0.39, 0.29) is 0 Å². The monoisotopic (exact) mass is 253 g/mol. The van der Waals surface area contributed by atoms with Gasteiger partial charge in [-0.2, -0.15) is 0 Å². The Morgan fingerprint density at radius 1 is 1.29 bits per heavy atom. The van der Waals surface area contributed by atoms with E-state index in [1.54, 1.807) is 7.11 Å². The van der Waals surface area contributed by atoms with Crippen molar-refractivity contribution in [2.24, 2.45) is 0 Å². The van der Waals surface area contributed by atoms with Gasteiger partial charge in [0, 0.05) is 30.4 Å². The molecule has 0 radical (unpaired) electrons. The van der Waals surface area contributed by atoms with Crippen molar-refractivity contribution in [1.82, 2.24) is 5.32 Å². The van der Waals surface area contributed by atoms with Crippen molar-refractivity contribution in [2.45, 2.75) is 30.4 Å². The van der Waals surface area contributed by atoms with Gasteiger partial charge in [-0.3, -0.25) is 0 Å². The van der Waals surface area contributed by atoms with Crippen LogP contribution >= 0.6 is 11.8 Å². The molecular weight excluding hydrogens is 230 g/mol. The van der Waals surface area contributed by atoms with Crippen LogP contribution in [0.3, 0.4) is 0 Å². The molecule has 0 spiro atoms. The van der Waals surface area contributed by atoms with Crippen molar-refractivity contribution in [2.75, 3.05) is 26.8 Å². The minimum atomic E-state index is 0.597. The predicted octanol–water partition coefficient (Wildman–Crippen LogP) is 3.10. The van der Waals surface area contributed by atoms with E-state index in [1.807, 2.05) is 11.8 Å². The third-order valence-corrected chi connectivity index (χ3v) is 3.61. The van der Waals surface area contributed by atoms with Crippen LogP contribution in [-0.4, -0.2) is 32.1 Å². The highest BCUT2D eigenvalue weighted by atomic mass is 32.2. The van der Waals surface area contributed by atoms with Crippen LogP contribution < -0.4 is 5.32 Å². The smallest absolute Gasteiger partial charge is 0.0474 e. The van der Waals surface area contributed by atoms with Crippen LogP contribution in [0.25, 0.3) is 0 Å². The van der Waals surface area contributed by atoms with Crippen LogP contribution in [0.5, 0.6) is 0 Å². The maximum atomic E-state index is 5.01. The van der Waals surface area contributed by atoms with E-state index < -0.39 is 0 Å². The van der Waals surface area contributed by atoms with Crippen LogP contribution in [0, 0.1) is 6.92 Å². The molecule has 1 rings (SSSR count). The van der Waals surface area contributed by atoms with Crippen LogP contribution in [0.4, 0.5) is 0 Å². The molecule has 0 saturated carbocycles. The largest absolute Gasteiger partial charge is 0.385 e. The molecule has 1 unspecified atom stereocenters. The van der Waals surface area contributed by atoms with Crippen LogP contribution in [-0.2, 0) is 4.74 Å². The number of thioether (sulfide) groups is 1. The van der Waals surface area contributed by atoms with E-state index in [0.717, 1.165) is 26.1 Å². The van der Waals surface area contributed by atoms with Crippen molar-refractivity contribution in [3.05, 3.63) is 29.8 Å². The maximum absolute atomic E-state index is 5.01. The second kappa shape index (κ2) is 8.56. The lowest BCUT2D eigenvalue weighted by Crippen LogP contribution is -2.24. The summed E-state index contributed by atoms with van der Waals surface area (Å²) >= 11 is 1.92. The summed E-state index contributed by atoms with van der Waals surface area (Å²) in [5.74, 6) is 0. The molecule has 0 heterocycles. The Balaban J connectivity index is 2.16. The zero-order chi connectivity index (χ0) is 12.5. The zero-order valence-corrected chi connectivity index (χ0v) is 11.8. The van der Waals surface area contributed by atoms with E-state index in [0.29, 0.717) is 5.25 Å². The van der Waals surface area contributed by atoms with Gasteiger partial charge in [0.05, 0.1) is 0 Å². The van der Waals surface area contributed by atoms with Gasteiger partial charge in [-0.1, -0.05) is 24.6 Å². The lowest BCUT2D eigenvalue weighted by molar-refractivity contribution is 0.194. The van der Waals surface area contributed by atoms with Crippen molar-refractivity contribution in [3.8, 4) is 0 Å². The number of hydrogen-bond acceptors (Lipinski definition) is 3. The summed E-state index contributed by atoms with van der Waals surface area (Å²) in [6.07, 6.45) is 1.08. The highest BCUT2D eigenvalue weighted by molar-refractivity contribution is 8.00.